The Morgan fingerprint density at radius 3 is 2.76 bits per heavy atom. The van der Waals surface area contributed by atoms with E-state index in [-0.39, 0.29) is 24.9 Å². The highest BCUT2D eigenvalue weighted by Crippen LogP contribution is 2.26. The highest BCUT2D eigenvalue weighted by Gasteiger charge is 2.27. The Bertz CT molecular complexity index is 948. The van der Waals surface area contributed by atoms with E-state index in [2.05, 4.69) is 4.90 Å². The van der Waals surface area contributed by atoms with E-state index in [9.17, 15) is 14.3 Å². The van der Waals surface area contributed by atoms with Gasteiger partial charge in [-0.15, -0.1) is 0 Å². The van der Waals surface area contributed by atoms with Gasteiger partial charge in [-0.3, -0.25) is 9.69 Å². The van der Waals surface area contributed by atoms with Crippen LogP contribution in [0.4, 0.5) is 4.39 Å². The summed E-state index contributed by atoms with van der Waals surface area (Å²) in [6, 6.07) is 11.6. The van der Waals surface area contributed by atoms with Gasteiger partial charge >= 0.3 is 5.97 Å². The number of aliphatic carboxylic acids is 1. The van der Waals surface area contributed by atoms with Gasteiger partial charge in [0.25, 0.3) is 0 Å². The predicted molar refractivity (Wildman–Crippen MR) is 127 cm³/mol. The zero-order valence-corrected chi connectivity index (χ0v) is 19.9. The molecule has 1 saturated heterocycles. The van der Waals surface area contributed by atoms with Gasteiger partial charge in [0.1, 0.15) is 5.82 Å². The first-order chi connectivity index (χ1) is 15.7. The van der Waals surface area contributed by atoms with Crippen LogP contribution in [0.25, 0.3) is 0 Å². The summed E-state index contributed by atoms with van der Waals surface area (Å²) in [5.41, 5.74) is 4.68. The molecule has 0 radical (unpaired) electrons. The number of carboxylic acid groups (broad SMARTS) is 1. The number of ether oxygens (including phenoxy) is 1. The second-order valence-electron chi connectivity index (χ2n) is 9.24. The van der Waals surface area contributed by atoms with Crippen LogP contribution in [0.5, 0.6) is 0 Å². The maximum atomic E-state index is 13.9. The van der Waals surface area contributed by atoms with E-state index in [0.717, 1.165) is 48.1 Å². The van der Waals surface area contributed by atoms with Crippen molar-refractivity contribution in [1.82, 2.24) is 4.90 Å². The molecule has 0 saturated carbocycles. The van der Waals surface area contributed by atoms with Crippen LogP contribution in [0, 0.1) is 19.7 Å². The summed E-state index contributed by atoms with van der Waals surface area (Å²) in [6.07, 6.45) is 2.55. The van der Waals surface area contributed by atoms with E-state index in [1.165, 1.54) is 0 Å². The molecule has 0 spiro atoms. The van der Waals surface area contributed by atoms with Crippen molar-refractivity contribution in [2.75, 3.05) is 19.7 Å². The van der Waals surface area contributed by atoms with Gasteiger partial charge < -0.3 is 14.9 Å². The van der Waals surface area contributed by atoms with Crippen molar-refractivity contribution in [1.29, 1.82) is 0 Å². The third-order valence-electron chi connectivity index (χ3n) is 6.66. The summed E-state index contributed by atoms with van der Waals surface area (Å²) in [6.45, 7) is 7.33. The molecule has 2 aromatic rings. The van der Waals surface area contributed by atoms with Crippen molar-refractivity contribution in [3.05, 3.63) is 70.0 Å². The fraction of sp³-hybridized carbons (Fsp3) is 0.519. The molecule has 0 aromatic heterocycles. The third kappa shape index (κ3) is 7.10. The summed E-state index contributed by atoms with van der Waals surface area (Å²) in [7, 11) is 0. The Labute approximate surface area is 196 Å². The van der Waals surface area contributed by atoms with Crippen LogP contribution >= 0.6 is 0 Å². The van der Waals surface area contributed by atoms with Crippen LogP contribution in [-0.4, -0.2) is 52.9 Å². The molecule has 33 heavy (non-hydrogen) atoms. The molecule has 1 aliphatic rings. The van der Waals surface area contributed by atoms with Crippen LogP contribution in [0.3, 0.4) is 0 Å². The van der Waals surface area contributed by atoms with Crippen LogP contribution in [0.15, 0.2) is 36.4 Å². The molecule has 0 unspecified atom stereocenters. The molecule has 2 aromatic carbocycles. The number of hydrogen-bond donors (Lipinski definition) is 2. The second-order valence-corrected chi connectivity index (χ2v) is 9.24. The quantitative estimate of drug-likeness (QED) is 0.516. The Hall–Kier alpha value is -2.28. The van der Waals surface area contributed by atoms with Crippen molar-refractivity contribution in [2.24, 2.45) is 0 Å². The first-order valence-electron chi connectivity index (χ1n) is 11.8. The lowest BCUT2D eigenvalue weighted by Gasteiger charge is -2.28. The number of aliphatic hydroxyl groups excluding tert-OH is 1. The number of benzene rings is 2. The number of β-amino-alcohol motifs (C(OH)–C–C–N with tert-alkyl or cyclic N) is 1. The third-order valence-corrected chi connectivity index (χ3v) is 6.66. The van der Waals surface area contributed by atoms with Crippen molar-refractivity contribution in [3.8, 4) is 0 Å². The molecule has 5 nitrogen and oxygen atoms in total. The van der Waals surface area contributed by atoms with Crippen molar-refractivity contribution >= 4 is 5.97 Å². The molecule has 3 rings (SSSR count). The van der Waals surface area contributed by atoms with Gasteiger partial charge in [-0.1, -0.05) is 30.3 Å². The SMILES string of the molecule is Cc1ccc(C[C@@H]2CCCN2C[C@@H](O)CO[C@H](C)c2cccc(C)c2CCC(=O)O)cc1F. The number of carbonyl (C=O) groups is 1. The Morgan fingerprint density at radius 2 is 2.03 bits per heavy atom. The molecular formula is C27H36FNO4. The lowest BCUT2D eigenvalue weighted by Crippen LogP contribution is -2.39. The van der Waals surface area contributed by atoms with Gasteiger partial charge in [0.05, 0.1) is 18.8 Å². The molecule has 0 aliphatic carbocycles. The fourth-order valence-electron chi connectivity index (χ4n) is 4.75. The minimum atomic E-state index is -0.818. The number of aryl methyl sites for hydroxylation is 2. The lowest BCUT2D eigenvalue weighted by molar-refractivity contribution is -0.136. The largest absolute Gasteiger partial charge is 0.481 e. The van der Waals surface area contributed by atoms with Crippen LogP contribution in [0.1, 0.15) is 60.1 Å². The average molecular weight is 458 g/mol. The first kappa shape index (κ1) is 25.3. The lowest BCUT2D eigenvalue weighted by atomic mass is 9.95. The summed E-state index contributed by atoms with van der Waals surface area (Å²) < 4.78 is 19.9. The minimum absolute atomic E-state index is 0.0778. The number of aliphatic hydroxyl groups is 1. The van der Waals surface area contributed by atoms with Crippen molar-refractivity contribution in [3.63, 3.8) is 0 Å². The summed E-state index contributed by atoms with van der Waals surface area (Å²) in [4.78, 5) is 13.3. The smallest absolute Gasteiger partial charge is 0.303 e. The van der Waals surface area contributed by atoms with Crippen LogP contribution < -0.4 is 0 Å². The monoisotopic (exact) mass is 457 g/mol. The normalized spacial score (nSPS) is 18.4. The van der Waals surface area contributed by atoms with Gasteiger partial charge in [0.15, 0.2) is 0 Å². The second kappa shape index (κ2) is 11.7. The Kier molecular flexibility index (Phi) is 9.01. The molecule has 1 aliphatic heterocycles. The topological polar surface area (TPSA) is 70.0 Å². The average Bonchev–Trinajstić information content (AvgIpc) is 3.19. The van der Waals surface area contributed by atoms with Crippen molar-refractivity contribution < 1.29 is 24.1 Å². The molecule has 2 N–H and O–H groups in total. The Morgan fingerprint density at radius 1 is 1.24 bits per heavy atom. The number of hydrogen-bond acceptors (Lipinski definition) is 4. The number of likely N-dealkylation sites (tertiary alicyclic amines) is 1. The number of carboxylic acids is 1. The van der Waals surface area contributed by atoms with Crippen molar-refractivity contribution in [2.45, 2.75) is 71.1 Å². The van der Waals surface area contributed by atoms with E-state index in [4.69, 9.17) is 9.84 Å². The predicted octanol–water partition coefficient (Wildman–Crippen LogP) is 4.61. The molecule has 0 amide bonds. The van der Waals surface area contributed by atoms with E-state index in [1.807, 2.05) is 44.2 Å². The zero-order valence-electron chi connectivity index (χ0n) is 19.9. The van der Waals surface area contributed by atoms with E-state index < -0.39 is 12.1 Å². The highest BCUT2D eigenvalue weighted by molar-refractivity contribution is 5.67. The highest BCUT2D eigenvalue weighted by atomic mass is 19.1. The van der Waals surface area contributed by atoms with Crippen LogP contribution in [0.2, 0.25) is 0 Å². The number of halogens is 1. The maximum absolute atomic E-state index is 13.9. The number of rotatable bonds is 11. The van der Waals surface area contributed by atoms with E-state index in [1.54, 1.807) is 13.0 Å². The van der Waals surface area contributed by atoms with Crippen LogP contribution in [-0.2, 0) is 22.4 Å². The minimum Gasteiger partial charge on any atom is -0.481 e. The molecule has 180 valence electrons. The summed E-state index contributed by atoms with van der Waals surface area (Å²) in [5.74, 6) is -0.986. The zero-order chi connectivity index (χ0) is 24.0. The standard InChI is InChI=1S/C27H36FNO4/c1-18-6-4-8-25(24(18)11-12-27(31)32)20(3)33-17-23(30)16-29-13-5-7-22(29)14-21-10-9-19(2)26(28)15-21/h4,6,8-10,15,20,22-23,30H,5,7,11-14,16-17H2,1-3H3,(H,31,32)/t20-,22+,23-/m1/s1. The van der Waals surface area contributed by atoms with Gasteiger partial charge in [0.2, 0.25) is 0 Å². The molecular weight excluding hydrogens is 421 g/mol. The van der Waals surface area contributed by atoms with E-state index >= 15 is 0 Å². The summed E-state index contributed by atoms with van der Waals surface area (Å²) >= 11 is 0. The molecule has 3 atom stereocenters. The summed E-state index contributed by atoms with van der Waals surface area (Å²) in [5, 5.41) is 19.7. The molecule has 1 fully saturated rings. The van der Waals surface area contributed by atoms with Gasteiger partial charge in [-0.05, 0) is 86.9 Å². The van der Waals surface area contributed by atoms with Gasteiger partial charge in [-0.25, -0.2) is 4.39 Å². The molecule has 6 heteroatoms. The fourth-order valence-corrected chi connectivity index (χ4v) is 4.75. The molecule has 1 heterocycles. The Balaban J connectivity index is 1.54. The van der Waals surface area contributed by atoms with E-state index in [0.29, 0.717) is 24.6 Å². The molecule has 0 bridgehead atoms. The van der Waals surface area contributed by atoms with Gasteiger partial charge in [-0.2, -0.15) is 0 Å². The maximum Gasteiger partial charge on any atom is 0.303 e. The number of nitrogens with zero attached hydrogens (tertiary/aromatic N) is 1. The first-order valence-corrected chi connectivity index (χ1v) is 11.8. The van der Waals surface area contributed by atoms with Gasteiger partial charge in [0, 0.05) is 19.0 Å².